The van der Waals surface area contributed by atoms with Gasteiger partial charge in [-0.15, -0.1) is 0 Å². The van der Waals surface area contributed by atoms with Crippen LogP contribution in [0.5, 0.6) is 0 Å². The first-order valence-electron chi connectivity index (χ1n) is 8.29. The van der Waals surface area contributed by atoms with Crippen molar-refractivity contribution in [3.63, 3.8) is 0 Å². The van der Waals surface area contributed by atoms with Crippen molar-refractivity contribution in [2.75, 3.05) is 13.2 Å². The highest BCUT2D eigenvalue weighted by atomic mass is 35.5. The van der Waals surface area contributed by atoms with Crippen molar-refractivity contribution >= 4 is 11.6 Å². The van der Waals surface area contributed by atoms with E-state index in [1.54, 1.807) is 0 Å². The maximum absolute atomic E-state index is 6.23. The fourth-order valence-electron chi connectivity index (χ4n) is 4.13. The van der Waals surface area contributed by atoms with E-state index in [0.29, 0.717) is 12.5 Å². The van der Waals surface area contributed by atoms with Gasteiger partial charge in [0, 0.05) is 17.0 Å². The molecule has 2 aliphatic rings. The second-order valence-electron chi connectivity index (χ2n) is 6.52. The number of hydrogen-bond acceptors (Lipinski definition) is 2. The third-order valence-corrected chi connectivity index (χ3v) is 5.50. The average molecular weight is 329 g/mol. The Morgan fingerprint density at radius 2 is 1.91 bits per heavy atom. The van der Waals surface area contributed by atoms with Gasteiger partial charge >= 0.3 is 0 Å². The summed E-state index contributed by atoms with van der Waals surface area (Å²) in [7, 11) is 0. The van der Waals surface area contributed by atoms with Gasteiger partial charge in [-0.1, -0.05) is 54.1 Å². The van der Waals surface area contributed by atoms with Crippen molar-refractivity contribution in [3.05, 3.63) is 70.7 Å². The molecular formula is C20H21ClO2. The highest BCUT2D eigenvalue weighted by molar-refractivity contribution is 6.30. The summed E-state index contributed by atoms with van der Waals surface area (Å²) in [6, 6.07) is 18.6. The lowest BCUT2D eigenvalue weighted by atomic mass is 9.83. The van der Waals surface area contributed by atoms with Crippen molar-refractivity contribution in [1.29, 1.82) is 0 Å². The highest BCUT2D eigenvalue weighted by Gasteiger charge is 2.69. The second-order valence-corrected chi connectivity index (χ2v) is 6.96. The smallest absolute Gasteiger partial charge is 0.0913 e. The lowest BCUT2D eigenvalue weighted by Gasteiger charge is -2.31. The van der Waals surface area contributed by atoms with Crippen LogP contribution in [0.1, 0.15) is 36.7 Å². The minimum Gasteiger partial charge on any atom is -0.373 e. The van der Waals surface area contributed by atoms with E-state index >= 15 is 0 Å². The van der Waals surface area contributed by atoms with Crippen molar-refractivity contribution in [1.82, 2.24) is 0 Å². The van der Waals surface area contributed by atoms with E-state index in [1.165, 1.54) is 17.5 Å². The zero-order valence-corrected chi connectivity index (χ0v) is 14.0. The molecule has 0 N–H and O–H groups in total. The molecule has 0 radical (unpaired) electrons. The van der Waals surface area contributed by atoms with Crippen LogP contribution in [0.4, 0.5) is 0 Å². The molecule has 4 rings (SSSR count). The van der Waals surface area contributed by atoms with Gasteiger partial charge in [-0.05, 0) is 42.5 Å². The van der Waals surface area contributed by atoms with Crippen molar-refractivity contribution in [2.45, 2.75) is 25.6 Å². The molecule has 4 atom stereocenters. The Labute approximate surface area is 142 Å². The van der Waals surface area contributed by atoms with Crippen molar-refractivity contribution < 1.29 is 9.47 Å². The quantitative estimate of drug-likeness (QED) is 0.751. The van der Waals surface area contributed by atoms with Crippen LogP contribution in [0, 0.1) is 11.3 Å². The standard InChI is InChI=1S/C20H21ClO2/c1-2-22-18(15-8-10-17(21)11-9-15)20-12-16(20)13-23-19(20)14-6-4-3-5-7-14/h3-11,16,18-19H,2,12-13H2,1H3/t16-,18+,19+,20-/m1/s1. The summed E-state index contributed by atoms with van der Waals surface area (Å²) in [5.74, 6) is 0.583. The van der Waals surface area contributed by atoms with Crippen molar-refractivity contribution in [2.24, 2.45) is 11.3 Å². The van der Waals surface area contributed by atoms with Gasteiger partial charge in [-0.25, -0.2) is 0 Å². The van der Waals surface area contributed by atoms with Gasteiger partial charge in [-0.3, -0.25) is 0 Å². The summed E-state index contributed by atoms with van der Waals surface area (Å²) in [6.45, 7) is 3.59. The molecule has 1 heterocycles. The van der Waals surface area contributed by atoms with Gasteiger partial charge in [0.05, 0.1) is 18.8 Å². The zero-order valence-electron chi connectivity index (χ0n) is 13.2. The Kier molecular flexibility index (Phi) is 3.92. The summed E-state index contributed by atoms with van der Waals surface area (Å²) in [5.41, 5.74) is 2.52. The minimum atomic E-state index is 0.0578. The van der Waals surface area contributed by atoms with Gasteiger partial charge < -0.3 is 9.47 Å². The van der Waals surface area contributed by atoms with Gasteiger partial charge in [-0.2, -0.15) is 0 Å². The average Bonchev–Trinajstić information content (AvgIpc) is 3.20. The molecule has 2 aromatic rings. The summed E-state index contributed by atoms with van der Waals surface area (Å²) >= 11 is 6.06. The minimum absolute atomic E-state index is 0.0578. The largest absolute Gasteiger partial charge is 0.373 e. The van der Waals surface area contributed by atoms with E-state index in [4.69, 9.17) is 21.1 Å². The maximum Gasteiger partial charge on any atom is 0.0913 e. The fraction of sp³-hybridized carbons (Fsp3) is 0.400. The molecule has 0 bridgehead atoms. The predicted molar refractivity (Wildman–Crippen MR) is 91.5 cm³/mol. The Morgan fingerprint density at radius 3 is 2.57 bits per heavy atom. The first-order valence-corrected chi connectivity index (χ1v) is 8.67. The topological polar surface area (TPSA) is 18.5 Å². The van der Waals surface area contributed by atoms with Crippen LogP contribution in [0.25, 0.3) is 0 Å². The lowest BCUT2D eigenvalue weighted by molar-refractivity contribution is -0.0465. The molecule has 2 aromatic carbocycles. The number of rotatable bonds is 5. The van der Waals surface area contributed by atoms with E-state index < -0.39 is 0 Å². The molecule has 1 aliphatic heterocycles. The van der Waals surface area contributed by atoms with Crippen LogP contribution in [-0.4, -0.2) is 13.2 Å². The zero-order chi connectivity index (χ0) is 15.9. The van der Waals surface area contributed by atoms with Gasteiger partial charge in [0.15, 0.2) is 0 Å². The first kappa shape index (κ1) is 15.2. The number of ether oxygens (including phenoxy) is 2. The van der Waals surface area contributed by atoms with Crippen LogP contribution >= 0.6 is 11.6 Å². The molecule has 0 spiro atoms. The Bertz CT molecular complexity index is 670. The molecular weight excluding hydrogens is 308 g/mol. The number of halogens is 1. The summed E-state index contributed by atoms with van der Waals surface area (Å²) in [5, 5.41) is 0.760. The Hall–Kier alpha value is -1.35. The molecule has 1 aliphatic carbocycles. The summed E-state index contributed by atoms with van der Waals surface area (Å²) in [6.07, 6.45) is 1.34. The molecule has 0 aromatic heterocycles. The van der Waals surface area contributed by atoms with Crippen LogP contribution in [0.15, 0.2) is 54.6 Å². The third kappa shape index (κ3) is 2.50. The molecule has 2 nitrogen and oxygen atoms in total. The van der Waals surface area contributed by atoms with E-state index in [2.05, 4.69) is 49.4 Å². The van der Waals surface area contributed by atoms with Crippen molar-refractivity contribution in [3.8, 4) is 0 Å². The highest BCUT2D eigenvalue weighted by Crippen LogP contribution is 2.72. The van der Waals surface area contributed by atoms with Crippen LogP contribution in [0.2, 0.25) is 5.02 Å². The van der Waals surface area contributed by atoms with E-state index in [0.717, 1.165) is 11.6 Å². The predicted octanol–water partition coefficient (Wildman–Crippen LogP) is 5.20. The Morgan fingerprint density at radius 1 is 1.17 bits per heavy atom. The van der Waals surface area contributed by atoms with Crippen LogP contribution in [0.3, 0.4) is 0 Å². The first-order chi connectivity index (χ1) is 11.3. The van der Waals surface area contributed by atoms with E-state index in [9.17, 15) is 0 Å². The van der Waals surface area contributed by atoms with Gasteiger partial charge in [0.1, 0.15) is 0 Å². The molecule has 1 saturated carbocycles. The number of benzene rings is 2. The van der Waals surface area contributed by atoms with Crippen LogP contribution < -0.4 is 0 Å². The summed E-state index contributed by atoms with van der Waals surface area (Å²) in [4.78, 5) is 0. The lowest BCUT2D eigenvalue weighted by Crippen LogP contribution is -2.24. The van der Waals surface area contributed by atoms with Gasteiger partial charge in [0.25, 0.3) is 0 Å². The molecule has 3 heteroatoms. The third-order valence-electron chi connectivity index (χ3n) is 5.25. The van der Waals surface area contributed by atoms with E-state index in [-0.39, 0.29) is 17.6 Å². The monoisotopic (exact) mass is 328 g/mol. The fourth-order valence-corrected chi connectivity index (χ4v) is 4.26. The van der Waals surface area contributed by atoms with Gasteiger partial charge in [0.2, 0.25) is 0 Å². The molecule has 120 valence electrons. The Balaban J connectivity index is 1.71. The maximum atomic E-state index is 6.23. The molecule has 0 unspecified atom stereocenters. The SMILES string of the molecule is CCO[C@@H](c1ccc(Cl)cc1)[C@@]12C[C@@H]1CO[C@H]2c1ccccc1. The second kappa shape index (κ2) is 5.94. The normalized spacial score (nSPS) is 30.0. The number of fused-ring (bicyclic) bond motifs is 1. The molecule has 0 amide bonds. The van der Waals surface area contributed by atoms with E-state index in [1.807, 2.05) is 12.1 Å². The summed E-state index contributed by atoms with van der Waals surface area (Å²) < 4.78 is 12.4. The van der Waals surface area contributed by atoms with Crippen LogP contribution in [-0.2, 0) is 9.47 Å². The molecule has 1 saturated heterocycles. The molecule has 2 fully saturated rings. The number of hydrogen-bond donors (Lipinski definition) is 0. The molecule has 23 heavy (non-hydrogen) atoms.